The number of unbranched alkanes of at least 4 members (excludes halogenated alkanes) is 1. The van der Waals surface area contributed by atoms with E-state index in [2.05, 4.69) is 257 Å². The monoisotopic (exact) mass is 2050 g/mol. The number of carbonyl (C=O) groups is 3. The normalized spacial score (nSPS) is 14.4. The molecule has 23 nitrogen and oxygen atoms in total. The van der Waals surface area contributed by atoms with Crippen molar-refractivity contribution in [3.05, 3.63) is 36.5 Å². The first kappa shape index (κ1) is 136. The van der Waals surface area contributed by atoms with Crippen molar-refractivity contribution in [3.8, 4) is 0 Å². The summed E-state index contributed by atoms with van der Waals surface area (Å²) in [4.78, 5) is 35.5. The lowest BCUT2D eigenvalue weighted by Crippen LogP contribution is -2.62. The molecule has 0 aliphatic carbocycles. The summed E-state index contributed by atoms with van der Waals surface area (Å²) in [6.07, 6.45) is 4.44. The molecule has 0 aliphatic rings. The molecule has 0 aromatic rings. The highest BCUT2D eigenvalue weighted by molar-refractivity contribution is 6.92. The van der Waals surface area contributed by atoms with Gasteiger partial charge in [-0.2, -0.15) is 0 Å². The van der Waals surface area contributed by atoms with Crippen LogP contribution in [0, 0.1) is 0 Å². The highest BCUT2D eigenvalue weighted by Crippen LogP contribution is 2.40. The average Bonchev–Trinajstić information content (AvgIpc) is 0.788. The molecule has 0 aromatic carbocycles. The van der Waals surface area contributed by atoms with Gasteiger partial charge >= 0.3 is 70.5 Å². The molecule has 41 heteroatoms. The maximum atomic E-state index is 12.7. The Morgan fingerprint density at radius 2 is 0.525 bits per heavy atom. The van der Waals surface area contributed by atoms with E-state index < -0.39 is 142 Å². The molecule has 0 aromatic heterocycles. The van der Waals surface area contributed by atoms with E-state index in [0.29, 0.717) is 111 Å². The summed E-state index contributed by atoms with van der Waals surface area (Å²) in [7, 11) is -35.4. The highest BCUT2D eigenvalue weighted by Gasteiger charge is 2.57. The Kier molecular flexibility index (Phi) is 68.7. The smallest absolute Gasteiger partial charge is 0.462 e. The van der Waals surface area contributed by atoms with E-state index in [-0.39, 0.29) is 63.9 Å². The minimum Gasteiger partial charge on any atom is -0.462 e. The first-order valence-electron chi connectivity index (χ1n) is 44.7. The van der Waals surface area contributed by atoms with Crippen molar-refractivity contribution in [2.45, 2.75) is 438 Å². The number of carbonyl (C=O) groups excluding carboxylic acids is 3. The number of hydrogen-bond acceptors (Lipinski definition) is 23. The second kappa shape index (κ2) is 61.7. The molecule has 0 N–H and O–H groups in total. The fourth-order valence-electron chi connectivity index (χ4n) is 12.2. The lowest BCUT2D eigenvalue weighted by atomic mass is 10.3. The van der Waals surface area contributed by atoms with Gasteiger partial charge in [0.25, 0.3) is 0 Å². The summed E-state index contributed by atoms with van der Waals surface area (Å²) in [6.45, 7) is 108. The molecule has 122 heavy (non-hydrogen) atoms. The first-order chi connectivity index (χ1) is 53.7. The summed E-state index contributed by atoms with van der Waals surface area (Å²) < 4.78 is 132. The van der Waals surface area contributed by atoms with Gasteiger partial charge in [0, 0.05) is 111 Å². The van der Waals surface area contributed by atoms with Crippen LogP contribution in [0.1, 0.15) is 143 Å². The van der Waals surface area contributed by atoms with E-state index in [1.54, 1.807) is 35.0 Å². The summed E-state index contributed by atoms with van der Waals surface area (Å²) >= 11 is 0. The Balaban J connectivity index is -0.000000402. The van der Waals surface area contributed by atoms with Crippen molar-refractivity contribution in [1.82, 2.24) is 0 Å². The van der Waals surface area contributed by atoms with Gasteiger partial charge in [0.2, 0.25) is 0 Å². The number of esters is 3. The van der Waals surface area contributed by atoms with E-state index in [4.69, 9.17) is 86.3 Å². The maximum absolute atomic E-state index is 12.7. The molecule has 0 saturated carbocycles. The van der Waals surface area contributed by atoms with E-state index in [1.165, 1.54) is 18.9 Å². The Hall–Kier alpha value is 0.854. The van der Waals surface area contributed by atoms with E-state index in [1.807, 2.05) is 41.5 Å². The first-order valence-corrected chi connectivity index (χ1v) is 95.8. The Morgan fingerprint density at radius 3 is 0.795 bits per heavy atom. The molecule has 0 amide bonds. The number of ether oxygens (including phenoxy) is 3. The Labute approximate surface area is 775 Å². The fourth-order valence-corrected chi connectivity index (χ4v) is 77.7. The molecule has 734 valence electrons. The van der Waals surface area contributed by atoms with E-state index in [0.717, 1.165) is 12.5 Å². The van der Waals surface area contributed by atoms with Crippen LogP contribution in [0.5, 0.6) is 0 Å². The van der Waals surface area contributed by atoms with Gasteiger partial charge in [-0.3, -0.25) is 0 Å². The Morgan fingerprint density at radius 1 is 0.295 bits per heavy atom. The van der Waals surface area contributed by atoms with Crippen LogP contribution in [-0.4, -0.2) is 237 Å². The molecule has 0 saturated heterocycles. The van der Waals surface area contributed by atoms with Crippen LogP contribution in [0.2, 0.25) is 264 Å². The Bertz CT molecular complexity index is 2790. The second-order valence-electron chi connectivity index (χ2n) is 41.7. The quantitative estimate of drug-likeness (QED) is 0.0181. The van der Waals surface area contributed by atoms with Crippen molar-refractivity contribution in [2.24, 2.45) is 0 Å². The van der Waals surface area contributed by atoms with Crippen LogP contribution in [0.15, 0.2) is 36.5 Å². The third kappa shape index (κ3) is 74.3. The van der Waals surface area contributed by atoms with Crippen LogP contribution < -0.4 is 0 Å². The molecule has 0 fully saturated rings. The van der Waals surface area contributed by atoms with Gasteiger partial charge in [0.1, 0.15) is 0 Å². The summed E-state index contributed by atoms with van der Waals surface area (Å²) in [5.74, 6) is -1.10. The lowest BCUT2D eigenvalue weighted by molar-refractivity contribution is -0.139. The molecule has 3 unspecified atom stereocenters. The summed E-state index contributed by atoms with van der Waals surface area (Å²) in [5, 5.41) is 0. The van der Waals surface area contributed by atoms with Gasteiger partial charge in [0.05, 0.1) is 19.8 Å². The molecule has 0 radical (unpaired) electrons. The van der Waals surface area contributed by atoms with Crippen molar-refractivity contribution in [3.63, 3.8) is 0 Å². The maximum Gasteiger partial charge on any atom is 0.500 e. The largest absolute Gasteiger partial charge is 0.500 e. The van der Waals surface area contributed by atoms with E-state index in [9.17, 15) is 14.4 Å². The topological polar surface area (TPSA) is 236 Å². The standard InChI is InChI=1S/C44H108O14Si11.C17H38O4Si3.C14H30O5Si2.2C2H8Si.2CH4/c1-39(2)44(45)47-32-30-33-67(57-64(26,27)35-37-66(46-10,48-40(3)4)49-41(5)6,51-43(9)31-34-68(50-42(7)8,52-59(11,12)13)53-60(14,15)16)58-65(28,29)36-38-69(54-61(17,18)19,55-62(20,21)22)56-63(23,24)25;1-10-11-14-22(4,5)20-24(8,9)21-23(6,7)15-12-13-19-17(18)16(2)3;1-12(2)14(15)17-10-9-11-21(16-5,18-13(3)4)19-20(6,7)8;2*1-3-2;;/h40-43H,1,30-38H2,2-29H3;2,10-15H2,1,3-9H3;13H,1,9-11H2,2-8H3;2*3H2,1-2H3;2*1H4. The lowest BCUT2D eigenvalue weighted by Gasteiger charge is -2.46. The van der Waals surface area contributed by atoms with Gasteiger partial charge in [-0.25, -0.2) is 14.4 Å². The highest BCUT2D eigenvalue weighted by atomic mass is 28.5. The van der Waals surface area contributed by atoms with Gasteiger partial charge < -0.3 is 86.3 Å². The van der Waals surface area contributed by atoms with E-state index >= 15 is 0 Å². The molecule has 0 rings (SSSR count). The van der Waals surface area contributed by atoms with Gasteiger partial charge in [-0.15, -0.1) is 0 Å². The predicted molar refractivity (Wildman–Crippen MR) is 565 cm³/mol. The van der Waals surface area contributed by atoms with Crippen molar-refractivity contribution in [2.75, 3.05) is 34.0 Å². The third-order valence-electron chi connectivity index (χ3n) is 15.3. The van der Waals surface area contributed by atoms with Gasteiger partial charge in [0.15, 0.2) is 83.2 Å². The van der Waals surface area contributed by atoms with Crippen molar-refractivity contribution < 1.29 is 101 Å². The second-order valence-corrected chi connectivity index (χ2v) is 108. The summed E-state index contributed by atoms with van der Waals surface area (Å²) in [5.41, 5.74) is 1.20. The van der Waals surface area contributed by atoms with Gasteiger partial charge in [-0.05, 0) is 316 Å². The predicted octanol–water partition coefficient (Wildman–Crippen LogP) is 24.2. The molecule has 0 spiro atoms. The molecule has 0 heterocycles. The van der Waals surface area contributed by atoms with Crippen LogP contribution in [0.3, 0.4) is 0 Å². The summed E-state index contributed by atoms with van der Waals surface area (Å²) in [6, 6.07) is 6.39. The molecule has 0 aliphatic heterocycles. The van der Waals surface area contributed by atoms with Crippen LogP contribution in [-0.2, 0) is 101 Å². The molecular formula is C81H200O23Si18. The fraction of sp³-hybridized carbons (Fsp3) is 0.889. The zero-order chi connectivity index (χ0) is 95.6. The zero-order valence-electron chi connectivity index (χ0n) is 86.5. The van der Waals surface area contributed by atoms with Crippen LogP contribution in [0.25, 0.3) is 0 Å². The third-order valence-corrected chi connectivity index (χ3v) is 69.7. The number of hydrogen-bond donors (Lipinski definition) is 0. The van der Waals surface area contributed by atoms with Crippen molar-refractivity contribution >= 4 is 173 Å². The van der Waals surface area contributed by atoms with Crippen LogP contribution in [0.4, 0.5) is 0 Å². The van der Waals surface area contributed by atoms with Crippen LogP contribution >= 0.6 is 0 Å². The zero-order valence-corrected chi connectivity index (χ0v) is 105. The van der Waals surface area contributed by atoms with Gasteiger partial charge in [-0.1, -0.05) is 80.5 Å². The molecular weight excluding hydrogens is 1850 g/mol. The molecule has 0 bridgehead atoms. The minimum absolute atomic E-state index is 0. The average molecular weight is 2050 g/mol. The minimum atomic E-state index is -3.73. The number of rotatable bonds is 59. The SMILES string of the molecule is C.C.C=C(C)C(=O)OCCC[Si](C)(C)O[Si](C)(C)O[Si](C)(C)CCCC.C=C(C)C(=O)OCCC[Si](OC(C)CC[Si](OC(C)C)(O[Si](C)(C)C)O[Si](C)(C)C)(O[Si](C)(C)CC[Si](OC)(OC(C)C)OC(C)C)O[Si](C)(C)CC[Si](O[Si](C)(C)C)(O[Si](C)(C)C)O[Si](C)(C)C.C=C(C)C(=O)OCCC[Si](OC)(OC(C)C)O[Si](C)(C)C.C[SiH2]C.C[SiH2]C. The van der Waals surface area contributed by atoms with Crippen molar-refractivity contribution in [1.29, 1.82) is 0 Å². The molecule has 3 atom stereocenters.